The first-order valence-electron chi connectivity index (χ1n) is 17.6. The maximum absolute atomic E-state index is 15.4. The highest BCUT2D eigenvalue weighted by Crippen LogP contribution is 2.41. The molecule has 0 unspecified atom stereocenters. The largest absolute Gasteiger partial charge is 0.497 e. The van der Waals surface area contributed by atoms with Gasteiger partial charge in [-0.05, 0) is 73.2 Å². The average Bonchev–Trinajstić information content (AvgIpc) is 3.55. The maximum atomic E-state index is 15.4. The Hall–Kier alpha value is -5.64. The van der Waals surface area contributed by atoms with Crippen LogP contribution in [0, 0.1) is 11.8 Å². The highest BCUT2D eigenvalue weighted by atomic mass is 16.5. The topological polar surface area (TPSA) is 99.7 Å². The van der Waals surface area contributed by atoms with E-state index in [4.69, 9.17) is 9.47 Å². The van der Waals surface area contributed by atoms with E-state index in [0.29, 0.717) is 11.5 Å². The summed E-state index contributed by atoms with van der Waals surface area (Å²) in [6.45, 7) is 3.84. The van der Waals surface area contributed by atoms with Gasteiger partial charge in [0.2, 0.25) is 11.8 Å². The van der Waals surface area contributed by atoms with Crippen LogP contribution in [-0.4, -0.2) is 83.9 Å². The van der Waals surface area contributed by atoms with Gasteiger partial charge in [-0.3, -0.25) is 19.4 Å². The average molecular weight is 703 g/mol. The summed E-state index contributed by atoms with van der Waals surface area (Å²) in [4.78, 5) is 64.8. The van der Waals surface area contributed by atoms with Crippen molar-refractivity contribution in [2.45, 2.75) is 50.9 Å². The van der Waals surface area contributed by atoms with Gasteiger partial charge in [0.1, 0.15) is 11.5 Å². The van der Waals surface area contributed by atoms with Gasteiger partial charge in [0.15, 0.2) is 0 Å². The van der Waals surface area contributed by atoms with Crippen LogP contribution in [0.15, 0.2) is 109 Å². The predicted molar refractivity (Wildman–Crippen MR) is 198 cm³/mol. The SMILES string of the molecule is COc1cccc(C[C@H](C(=O)N2C(=O)N(C)[C@H](C)[C@@H]2c2ccccc2)[C@@H](Cc2cccc(OC)c2)C(=O)N2C(=O)N(C)[C@H](C)[C@@H]2c2ccccc2)c1. The molecule has 0 bridgehead atoms. The number of imide groups is 2. The first-order valence-corrected chi connectivity index (χ1v) is 17.6. The smallest absolute Gasteiger partial charge is 0.327 e. The van der Waals surface area contributed by atoms with Crippen molar-refractivity contribution in [2.24, 2.45) is 11.8 Å². The van der Waals surface area contributed by atoms with Crippen LogP contribution < -0.4 is 9.47 Å². The molecule has 270 valence electrons. The summed E-state index contributed by atoms with van der Waals surface area (Å²) in [5.41, 5.74) is 3.13. The molecular weight excluding hydrogens is 656 g/mol. The Labute approximate surface area is 305 Å². The molecule has 10 heteroatoms. The van der Waals surface area contributed by atoms with Gasteiger partial charge in [-0.1, -0.05) is 84.9 Å². The number of carbonyl (C=O) groups excluding carboxylic acids is 4. The number of ether oxygens (including phenoxy) is 2. The molecule has 0 aliphatic carbocycles. The van der Waals surface area contributed by atoms with Gasteiger partial charge in [0.25, 0.3) is 0 Å². The first-order chi connectivity index (χ1) is 25.0. The molecule has 6 atom stereocenters. The molecule has 6 rings (SSSR count). The Morgan fingerprint density at radius 1 is 0.577 bits per heavy atom. The lowest BCUT2D eigenvalue weighted by molar-refractivity contribution is -0.144. The molecule has 0 spiro atoms. The molecule has 4 aromatic rings. The van der Waals surface area contributed by atoms with Crippen LogP contribution in [0.5, 0.6) is 11.5 Å². The number of hydrogen-bond acceptors (Lipinski definition) is 6. The van der Waals surface area contributed by atoms with E-state index in [2.05, 4.69) is 0 Å². The van der Waals surface area contributed by atoms with E-state index >= 15 is 9.59 Å². The van der Waals surface area contributed by atoms with Gasteiger partial charge in [-0.2, -0.15) is 0 Å². The van der Waals surface area contributed by atoms with Crippen LogP contribution in [0.1, 0.15) is 48.2 Å². The third-order valence-corrected chi connectivity index (χ3v) is 10.8. The summed E-state index contributed by atoms with van der Waals surface area (Å²) >= 11 is 0. The number of nitrogens with zero attached hydrogens (tertiary/aromatic N) is 4. The Morgan fingerprint density at radius 2 is 0.942 bits per heavy atom. The molecule has 2 fully saturated rings. The normalized spacial score (nSPS) is 21.3. The molecule has 0 aromatic heterocycles. The Morgan fingerprint density at radius 3 is 1.29 bits per heavy atom. The number of hydrogen-bond donors (Lipinski definition) is 0. The standard InChI is InChI=1S/C42H46N4O6/c1-27-37(31-17-9-7-10-18-31)45(41(49)43(27)3)39(47)35(25-29-15-13-21-33(23-29)51-5)36(26-30-16-14-22-34(24-30)52-6)40(48)46-38(28(2)44(4)42(46)50)32-19-11-8-12-20-32/h7-24,27-28,35-38H,25-26H2,1-6H3/t27-,28-,35-,36+,37-,38-/m1/s1. The molecule has 6 amide bonds. The van der Waals surface area contributed by atoms with Crippen molar-refractivity contribution < 1.29 is 28.7 Å². The highest BCUT2D eigenvalue weighted by molar-refractivity contribution is 6.03. The molecule has 0 saturated carbocycles. The molecule has 2 saturated heterocycles. The third-order valence-electron chi connectivity index (χ3n) is 10.8. The summed E-state index contributed by atoms with van der Waals surface area (Å²) < 4.78 is 11.1. The summed E-state index contributed by atoms with van der Waals surface area (Å²) in [7, 11) is 6.52. The van der Waals surface area contributed by atoms with Crippen molar-refractivity contribution in [3.05, 3.63) is 131 Å². The number of methoxy groups -OCH3 is 2. The zero-order chi connectivity index (χ0) is 37.1. The third kappa shape index (κ3) is 6.85. The molecule has 2 heterocycles. The Kier molecular flexibility index (Phi) is 10.6. The summed E-state index contributed by atoms with van der Waals surface area (Å²) in [6.07, 6.45) is 0.229. The van der Waals surface area contributed by atoms with Gasteiger partial charge in [-0.25, -0.2) is 9.59 Å². The fraction of sp³-hybridized carbons (Fsp3) is 0.333. The van der Waals surface area contributed by atoms with Crippen molar-refractivity contribution in [3.8, 4) is 11.5 Å². The fourth-order valence-corrected chi connectivity index (χ4v) is 7.67. The van der Waals surface area contributed by atoms with Crippen molar-refractivity contribution in [2.75, 3.05) is 28.3 Å². The number of amides is 6. The van der Waals surface area contributed by atoms with Gasteiger partial charge in [-0.15, -0.1) is 0 Å². The molecule has 2 aliphatic heterocycles. The molecule has 0 radical (unpaired) electrons. The Bertz CT molecular complexity index is 1780. The Balaban J connectivity index is 1.52. The van der Waals surface area contributed by atoms with E-state index < -0.39 is 47.8 Å². The summed E-state index contributed by atoms with van der Waals surface area (Å²) in [6, 6.07) is 31.0. The van der Waals surface area contributed by atoms with Crippen LogP contribution in [0.2, 0.25) is 0 Å². The maximum Gasteiger partial charge on any atom is 0.327 e. The number of urea groups is 2. The van der Waals surface area contributed by atoms with E-state index in [1.807, 2.05) is 123 Å². The van der Waals surface area contributed by atoms with Crippen molar-refractivity contribution in [1.29, 1.82) is 0 Å². The van der Waals surface area contributed by atoms with E-state index in [9.17, 15) is 9.59 Å². The summed E-state index contributed by atoms with van der Waals surface area (Å²) in [5, 5.41) is 0. The number of rotatable bonds is 11. The molecule has 0 N–H and O–H groups in total. The van der Waals surface area contributed by atoms with E-state index in [1.165, 1.54) is 9.80 Å². The molecular formula is C42H46N4O6. The lowest BCUT2D eigenvalue weighted by Crippen LogP contribution is -2.49. The zero-order valence-electron chi connectivity index (χ0n) is 30.5. The molecule has 10 nitrogen and oxygen atoms in total. The van der Waals surface area contributed by atoms with Crippen molar-refractivity contribution >= 4 is 23.9 Å². The molecule has 4 aromatic carbocycles. The van der Waals surface area contributed by atoms with Crippen LogP contribution in [-0.2, 0) is 22.4 Å². The predicted octanol–water partition coefficient (Wildman–Crippen LogP) is 6.77. The second kappa shape index (κ2) is 15.3. The number of benzene rings is 4. The number of likely N-dealkylation sites (N-methyl/N-ethyl adjacent to an activating group) is 2. The number of carbonyl (C=O) groups is 4. The van der Waals surface area contributed by atoms with Gasteiger partial charge < -0.3 is 19.3 Å². The van der Waals surface area contributed by atoms with E-state index in [1.54, 1.807) is 38.1 Å². The second-order valence-electron chi connectivity index (χ2n) is 13.7. The minimum absolute atomic E-state index is 0.114. The monoisotopic (exact) mass is 702 g/mol. The van der Waals surface area contributed by atoms with E-state index in [0.717, 1.165) is 22.3 Å². The van der Waals surface area contributed by atoms with Crippen LogP contribution in [0.4, 0.5) is 9.59 Å². The van der Waals surface area contributed by atoms with Crippen molar-refractivity contribution in [1.82, 2.24) is 19.6 Å². The highest BCUT2D eigenvalue weighted by Gasteiger charge is 2.53. The van der Waals surface area contributed by atoms with Crippen LogP contribution in [0.3, 0.4) is 0 Å². The lowest BCUT2D eigenvalue weighted by atomic mass is 9.80. The fourth-order valence-electron chi connectivity index (χ4n) is 7.67. The zero-order valence-corrected chi connectivity index (χ0v) is 30.5. The second-order valence-corrected chi connectivity index (χ2v) is 13.7. The lowest BCUT2D eigenvalue weighted by Gasteiger charge is -2.34. The molecule has 52 heavy (non-hydrogen) atoms. The first kappa shape index (κ1) is 36.2. The minimum Gasteiger partial charge on any atom is -0.497 e. The van der Waals surface area contributed by atoms with Gasteiger partial charge in [0, 0.05) is 14.1 Å². The van der Waals surface area contributed by atoms with Crippen molar-refractivity contribution in [3.63, 3.8) is 0 Å². The van der Waals surface area contributed by atoms with Crippen LogP contribution in [0.25, 0.3) is 0 Å². The quantitative estimate of drug-likeness (QED) is 0.171. The van der Waals surface area contributed by atoms with Gasteiger partial charge in [0.05, 0.1) is 50.2 Å². The summed E-state index contributed by atoms with van der Waals surface area (Å²) in [5.74, 6) is -1.87. The van der Waals surface area contributed by atoms with Gasteiger partial charge >= 0.3 is 12.1 Å². The molecule has 2 aliphatic rings. The van der Waals surface area contributed by atoms with Crippen LogP contribution >= 0.6 is 0 Å². The minimum atomic E-state index is -1.05. The van der Waals surface area contributed by atoms with E-state index in [-0.39, 0.29) is 24.9 Å².